The van der Waals surface area contributed by atoms with Gasteiger partial charge in [-0.2, -0.15) is 0 Å². The predicted octanol–water partition coefficient (Wildman–Crippen LogP) is 3.15. The van der Waals surface area contributed by atoms with Gasteiger partial charge in [-0.1, -0.05) is 6.58 Å². The summed E-state index contributed by atoms with van der Waals surface area (Å²) in [6, 6.07) is 0. The second-order valence-corrected chi connectivity index (χ2v) is 3.06. The zero-order chi connectivity index (χ0) is 8.32. The molecule has 1 rings (SSSR count). The van der Waals surface area contributed by atoms with E-state index in [0.717, 1.165) is 0 Å². The number of hydrogen-bond acceptors (Lipinski definition) is 0. The summed E-state index contributed by atoms with van der Waals surface area (Å²) in [5.41, 5.74) is 2.64. The Morgan fingerprint density at radius 1 is 1.36 bits per heavy atom. The zero-order valence-corrected chi connectivity index (χ0v) is 6.45. The molecule has 0 spiro atoms. The van der Waals surface area contributed by atoms with E-state index in [9.17, 15) is 8.78 Å². The van der Waals surface area contributed by atoms with E-state index in [1.54, 1.807) is 6.08 Å². The fraction of sp³-hybridized carbons (Fsp3) is 0.667. The van der Waals surface area contributed by atoms with E-state index in [-0.39, 0.29) is 18.8 Å². The summed E-state index contributed by atoms with van der Waals surface area (Å²) in [6.45, 7) is 3.42. The molecule has 0 N–H and O–H groups in total. The fourth-order valence-corrected chi connectivity index (χ4v) is 1.40. The van der Waals surface area contributed by atoms with Crippen LogP contribution in [0.2, 0.25) is 0 Å². The Labute approximate surface area is 65.6 Å². The van der Waals surface area contributed by atoms with Gasteiger partial charge in [0.15, 0.2) is 0 Å². The Kier molecular flexibility index (Phi) is 2.45. The van der Waals surface area contributed by atoms with Crippen molar-refractivity contribution in [2.24, 2.45) is 5.92 Å². The van der Waals surface area contributed by atoms with E-state index in [1.165, 1.54) is 0 Å². The number of hydrogen-bond donors (Lipinski definition) is 0. The fourth-order valence-electron chi connectivity index (χ4n) is 1.40. The van der Waals surface area contributed by atoms with Gasteiger partial charge < -0.3 is 0 Å². The molecule has 11 heavy (non-hydrogen) atoms. The Morgan fingerprint density at radius 2 is 1.91 bits per heavy atom. The van der Waals surface area contributed by atoms with Gasteiger partial charge >= 0.3 is 0 Å². The highest BCUT2D eigenvalue weighted by Gasteiger charge is 2.33. The molecule has 0 aliphatic heterocycles. The quantitative estimate of drug-likeness (QED) is 0.514. The largest absolute Gasteiger partial charge is 0.248 e. The summed E-state index contributed by atoms with van der Waals surface area (Å²) in [6.07, 6.45) is 3.01. The molecule has 0 atom stereocenters. The Hall–Kier alpha value is -0.620. The molecule has 0 aromatic heterocycles. The maximum atomic E-state index is 12.6. The highest BCUT2D eigenvalue weighted by atomic mass is 19.3. The van der Waals surface area contributed by atoms with E-state index >= 15 is 0 Å². The molecule has 1 fully saturated rings. The van der Waals surface area contributed by atoms with Crippen LogP contribution in [0.15, 0.2) is 18.4 Å². The lowest BCUT2D eigenvalue weighted by atomic mass is 9.87. The van der Waals surface area contributed by atoms with E-state index in [2.05, 4.69) is 12.3 Å². The van der Waals surface area contributed by atoms with Crippen molar-refractivity contribution in [1.29, 1.82) is 0 Å². The van der Waals surface area contributed by atoms with Gasteiger partial charge in [0.05, 0.1) is 0 Å². The lowest BCUT2D eigenvalue weighted by Gasteiger charge is -2.25. The van der Waals surface area contributed by atoms with Crippen LogP contribution in [0.4, 0.5) is 8.78 Å². The SMILES string of the molecule is C=C=CC1CCC(F)(F)CC1. The van der Waals surface area contributed by atoms with Crippen LogP contribution in [0.3, 0.4) is 0 Å². The monoisotopic (exact) mass is 158 g/mol. The standard InChI is InChI=1S/C9H12F2/c1-2-3-8-4-6-9(10,11)7-5-8/h3,8H,1,4-7H2. The van der Waals surface area contributed by atoms with Crippen molar-refractivity contribution in [3.8, 4) is 0 Å². The Balaban J connectivity index is 2.42. The normalized spacial score (nSPS) is 24.2. The molecule has 0 heterocycles. The molecule has 0 aromatic carbocycles. The first-order chi connectivity index (χ1) is 5.14. The molecule has 0 unspecified atom stereocenters. The van der Waals surface area contributed by atoms with Gasteiger partial charge in [-0.25, -0.2) is 8.78 Å². The summed E-state index contributed by atoms with van der Waals surface area (Å²) >= 11 is 0. The molecule has 0 nitrogen and oxygen atoms in total. The van der Waals surface area contributed by atoms with Crippen LogP contribution in [0.25, 0.3) is 0 Å². The van der Waals surface area contributed by atoms with Crippen molar-refractivity contribution in [2.45, 2.75) is 31.6 Å². The van der Waals surface area contributed by atoms with Gasteiger partial charge in [-0.05, 0) is 24.8 Å². The molecule has 0 saturated heterocycles. The lowest BCUT2D eigenvalue weighted by Crippen LogP contribution is -2.23. The van der Waals surface area contributed by atoms with E-state index in [1.807, 2.05) is 0 Å². The molecule has 0 aromatic rings. The zero-order valence-electron chi connectivity index (χ0n) is 6.45. The van der Waals surface area contributed by atoms with E-state index in [0.29, 0.717) is 12.8 Å². The van der Waals surface area contributed by atoms with E-state index in [4.69, 9.17) is 0 Å². The third kappa shape index (κ3) is 2.47. The second-order valence-electron chi connectivity index (χ2n) is 3.06. The minimum absolute atomic E-state index is 0.0237. The second kappa shape index (κ2) is 3.19. The molecular weight excluding hydrogens is 146 g/mol. The third-order valence-electron chi connectivity index (χ3n) is 2.12. The van der Waals surface area contributed by atoms with Crippen molar-refractivity contribution in [3.63, 3.8) is 0 Å². The summed E-state index contributed by atoms with van der Waals surface area (Å²) in [7, 11) is 0. The van der Waals surface area contributed by atoms with Crippen molar-refractivity contribution >= 4 is 0 Å². The number of rotatable bonds is 1. The topological polar surface area (TPSA) is 0 Å². The number of allylic oxidation sites excluding steroid dienone is 1. The first-order valence-corrected chi connectivity index (χ1v) is 3.88. The maximum absolute atomic E-state index is 12.6. The highest BCUT2D eigenvalue weighted by Crippen LogP contribution is 2.36. The van der Waals surface area contributed by atoms with Crippen molar-refractivity contribution in [2.75, 3.05) is 0 Å². The number of halogens is 2. The average Bonchev–Trinajstić information content (AvgIpc) is 1.94. The minimum Gasteiger partial charge on any atom is -0.207 e. The van der Waals surface area contributed by atoms with Crippen LogP contribution in [0.5, 0.6) is 0 Å². The van der Waals surface area contributed by atoms with Crippen molar-refractivity contribution in [3.05, 3.63) is 18.4 Å². The molecule has 1 aliphatic carbocycles. The number of alkyl halides is 2. The molecule has 1 saturated carbocycles. The summed E-state index contributed by atoms with van der Waals surface area (Å²) in [4.78, 5) is 0. The van der Waals surface area contributed by atoms with Crippen LogP contribution in [-0.2, 0) is 0 Å². The summed E-state index contributed by atoms with van der Waals surface area (Å²) < 4.78 is 25.1. The van der Waals surface area contributed by atoms with Gasteiger partial charge in [0, 0.05) is 12.8 Å². The highest BCUT2D eigenvalue weighted by molar-refractivity contribution is 4.89. The van der Waals surface area contributed by atoms with Crippen LogP contribution in [0.1, 0.15) is 25.7 Å². The molecule has 0 radical (unpaired) electrons. The Bertz CT molecular complexity index is 168. The van der Waals surface area contributed by atoms with Crippen LogP contribution >= 0.6 is 0 Å². The van der Waals surface area contributed by atoms with Crippen molar-refractivity contribution < 1.29 is 8.78 Å². The van der Waals surface area contributed by atoms with Gasteiger partial charge in [0.2, 0.25) is 5.92 Å². The van der Waals surface area contributed by atoms with Crippen LogP contribution < -0.4 is 0 Å². The molecular formula is C9H12F2. The third-order valence-corrected chi connectivity index (χ3v) is 2.12. The summed E-state index contributed by atoms with van der Waals surface area (Å²) in [5.74, 6) is -2.13. The molecule has 0 amide bonds. The predicted molar refractivity (Wildman–Crippen MR) is 40.6 cm³/mol. The van der Waals surface area contributed by atoms with Gasteiger partial charge in [0.1, 0.15) is 0 Å². The van der Waals surface area contributed by atoms with Crippen LogP contribution in [0, 0.1) is 5.92 Å². The molecule has 0 bridgehead atoms. The van der Waals surface area contributed by atoms with Crippen molar-refractivity contribution in [1.82, 2.24) is 0 Å². The van der Waals surface area contributed by atoms with Gasteiger partial charge in [-0.3, -0.25) is 0 Å². The van der Waals surface area contributed by atoms with Gasteiger partial charge in [0.25, 0.3) is 0 Å². The van der Waals surface area contributed by atoms with Gasteiger partial charge in [-0.15, -0.1) is 5.73 Å². The Morgan fingerprint density at radius 3 is 2.36 bits per heavy atom. The first kappa shape index (κ1) is 8.48. The molecule has 62 valence electrons. The molecule has 2 heteroatoms. The smallest absolute Gasteiger partial charge is 0.207 e. The van der Waals surface area contributed by atoms with Crippen LogP contribution in [-0.4, -0.2) is 5.92 Å². The average molecular weight is 158 g/mol. The minimum atomic E-state index is -2.41. The lowest BCUT2D eigenvalue weighted by molar-refractivity contribution is -0.0410. The maximum Gasteiger partial charge on any atom is 0.248 e. The summed E-state index contributed by atoms with van der Waals surface area (Å²) in [5, 5.41) is 0. The molecule has 1 aliphatic rings. The first-order valence-electron chi connectivity index (χ1n) is 3.88. The van der Waals surface area contributed by atoms with E-state index < -0.39 is 5.92 Å².